The number of carbonyl (C=O) groups excluding carboxylic acids is 2. The number of ether oxygens (including phenoxy) is 1. The summed E-state index contributed by atoms with van der Waals surface area (Å²) in [4.78, 5) is 45.2. The minimum Gasteiger partial charge on any atom is -0.469 e. The van der Waals surface area contributed by atoms with E-state index in [4.69, 9.17) is 0 Å². The number of anilines is 1. The third-order valence-electron chi connectivity index (χ3n) is 4.90. The van der Waals surface area contributed by atoms with Crippen LogP contribution in [0.3, 0.4) is 0 Å². The van der Waals surface area contributed by atoms with E-state index in [-0.39, 0.29) is 29.7 Å². The first-order chi connectivity index (χ1) is 14.1. The molecule has 0 radical (unpaired) electrons. The van der Waals surface area contributed by atoms with Gasteiger partial charge in [-0.05, 0) is 25.0 Å². The van der Waals surface area contributed by atoms with Gasteiger partial charge in [-0.1, -0.05) is 49.2 Å². The molecular weight excluding hydrogens is 390 g/mol. The standard InChI is InChI=1S/C21H25N3O4S/c1-28-20(27)13-15-12-18(25)23-21(22-15)29-14-19(26)24(16-8-4-2-5-9-16)17-10-6-3-7-11-17/h2,4-5,8-9,12,17H,3,6-7,10-11,13-14H2,1H3,(H,22,23,25). The van der Waals surface area contributed by atoms with Crippen molar-refractivity contribution in [3.8, 4) is 0 Å². The van der Waals surface area contributed by atoms with Gasteiger partial charge in [-0.2, -0.15) is 0 Å². The lowest BCUT2D eigenvalue weighted by Gasteiger charge is -2.34. The molecule has 8 heteroatoms. The fraction of sp³-hybridized carbons (Fsp3) is 0.429. The average Bonchev–Trinajstić information content (AvgIpc) is 2.73. The van der Waals surface area contributed by atoms with E-state index in [0.717, 1.165) is 31.4 Å². The Labute approximate surface area is 173 Å². The van der Waals surface area contributed by atoms with Crippen molar-refractivity contribution in [3.63, 3.8) is 0 Å². The zero-order valence-electron chi connectivity index (χ0n) is 16.4. The van der Waals surface area contributed by atoms with Gasteiger partial charge in [-0.25, -0.2) is 4.98 Å². The highest BCUT2D eigenvalue weighted by molar-refractivity contribution is 7.99. The second-order valence-electron chi connectivity index (χ2n) is 6.97. The van der Waals surface area contributed by atoms with Crippen LogP contribution in [0.4, 0.5) is 5.69 Å². The third kappa shape index (κ3) is 5.93. The number of para-hydroxylation sites is 1. The lowest BCUT2D eigenvalue weighted by atomic mass is 9.93. The van der Waals surface area contributed by atoms with Gasteiger partial charge in [0.1, 0.15) is 0 Å². The van der Waals surface area contributed by atoms with Crippen molar-refractivity contribution in [2.24, 2.45) is 0 Å². The van der Waals surface area contributed by atoms with E-state index in [0.29, 0.717) is 10.9 Å². The summed E-state index contributed by atoms with van der Waals surface area (Å²) in [6.07, 6.45) is 5.36. The summed E-state index contributed by atoms with van der Waals surface area (Å²) in [6, 6.07) is 11.2. The monoisotopic (exact) mass is 415 g/mol. The maximum Gasteiger partial charge on any atom is 0.311 e. The number of aromatic nitrogens is 2. The first-order valence-electron chi connectivity index (χ1n) is 9.74. The molecule has 0 spiro atoms. The normalized spacial score (nSPS) is 14.4. The number of nitrogens with zero attached hydrogens (tertiary/aromatic N) is 2. The first kappa shape index (κ1) is 21.1. The SMILES string of the molecule is COC(=O)Cc1cc(=O)[nH]c(SCC(=O)N(c2ccccc2)C2CCCCC2)n1. The molecule has 1 aliphatic carbocycles. The number of thioether (sulfide) groups is 1. The Morgan fingerprint density at radius 3 is 2.62 bits per heavy atom. The molecule has 0 aliphatic heterocycles. The van der Waals surface area contributed by atoms with E-state index in [1.54, 1.807) is 0 Å². The molecule has 1 aromatic heterocycles. The van der Waals surface area contributed by atoms with Gasteiger partial charge in [-0.15, -0.1) is 0 Å². The van der Waals surface area contributed by atoms with E-state index in [1.807, 2.05) is 35.2 Å². The molecule has 154 valence electrons. The molecule has 1 N–H and O–H groups in total. The topological polar surface area (TPSA) is 92.4 Å². The van der Waals surface area contributed by atoms with Crippen molar-refractivity contribution in [2.75, 3.05) is 17.8 Å². The lowest BCUT2D eigenvalue weighted by molar-refractivity contribution is -0.139. The van der Waals surface area contributed by atoms with Gasteiger partial charge in [0.2, 0.25) is 5.91 Å². The van der Waals surface area contributed by atoms with Crippen LogP contribution in [-0.2, 0) is 20.7 Å². The van der Waals surface area contributed by atoms with Crippen LogP contribution in [0.15, 0.2) is 46.3 Å². The number of carbonyl (C=O) groups is 2. The number of hydrogen-bond acceptors (Lipinski definition) is 6. The highest BCUT2D eigenvalue weighted by Gasteiger charge is 2.27. The number of H-pyrrole nitrogens is 1. The number of hydrogen-bond donors (Lipinski definition) is 1. The molecule has 1 fully saturated rings. The number of nitrogens with one attached hydrogen (secondary N) is 1. The zero-order valence-corrected chi connectivity index (χ0v) is 17.2. The number of rotatable bonds is 7. The highest BCUT2D eigenvalue weighted by Crippen LogP contribution is 2.28. The molecule has 0 saturated heterocycles. The van der Waals surface area contributed by atoms with Gasteiger partial charge >= 0.3 is 5.97 Å². The van der Waals surface area contributed by atoms with Crippen LogP contribution >= 0.6 is 11.8 Å². The fourth-order valence-electron chi connectivity index (χ4n) is 3.55. The van der Waals surface area contributed by atoms with E-state index < -0.39 is 5.97 Å². The summed E-state index contributed by atoms with van der Waals surface area (Å²) in [5.41, 5.74) is 0.856. The smallest absolute Gasteiger partial charge is 0.311 e. The number of aromatic amines is 1. The summed E-state index contributed by atoms with van der Waals surface area (Å²) >= 11 is 1.17. The minimum absolute atomic E-state index is 0.0193. The molecule has 1 aliphatic rings. The van der Waals surface area contributed by atoms with Crippen molar-refractivity contribution < 1.29 is 14.3 Å². The molecular formula is C21H25N3O4S. The Morgan fingerprint density at radius 1 is 1.21 bits per heavy atom. The lowest BCUT2D eigenvalue weighted by Crippen LogP contribution is -2.42. The maximum atomic E-state index is 13.1. The van der Waals surface area contributed by atoms with Gasteiger partial charge in [-0.3, -0.25) is 14.4 Å². The molecule has 0 unspecified atom stereocenters. The van der Waals surface area contributed by atoms with Crippen LogP contribution in [0.5, 0.6) is 0 Å². The van der Waals surface area contributed by atoms with Gasteiger partial charge < -0.3 is 14.6 Å². The predicted molar refractivity (Wildman–Crippen MR) is 112 cm³/mol. The van der Waals surface area contributed by atoms with Crippen molar-refractivity contribution in [1.29, 1.82) is 0 Å². The summed E-state index contributed by atoms with van der Waals surface area (Å²) in [5.74, 6) is -0.340. The molecule has 1 amide bonds. The third-order valence-corrected chi connectivity index (χ3v) is 5.76. The number of benzene rings is 1. The molecule has 29 heavy (non-hydrogen) atoms. The molecule has 0 atom stereocenters. The Morgan fingerprint density at radius 2 is 1.93 bits per heavy atom. The van der Waals surface area contributed by atoms with E-state index in [1.165, 1.54) is 31.4 Å². The summed E-state index contributed by atoms with van der Waals surface area (Å²) < 4.78 is 4.62. The summed E-state index contributed by atoms with van der Waals surface area (Å²) in [6.45, 7) is 0. The molecule has 2 aromatic rings. The molecule has 7 nitrogen and oxygen atoms in total. The van der Waals surface area contributed by atoms with Crippen molar-refractivity contribution in [2.45, 2.75) is 49.7 Å². The number of methoxy groups -OCH3 is 1. The van der Waals surface area contributed by atoms with Crippen LogP contribution in [-0.4, -0.2) is 40.7 Å². The molecule has 3 rings (SSSR count). The Balaban J connectivity index is 1.73. The molecule has 1 aromatic carbocycles. The van der Waals surface area contributed by atoms with Crippen LogP contribution in [0.2, 0.25) is 0 Å². The molecule has 1 heterocycles. The van der Waals surface area contributed by atoms with Crippen molar-refractivity contribution >= 4 is 29.3 Å². The van der Waals surface area contributed by atoms with Crippen molar-refractivity contribution in [3.05, 3.63) is 52.4 Å². The van der Waals surface area contributed by atoms with E-state index >= 15 is 0 Å². The second kappa shape index (κ2) is 10.2. The summed E-state index contributed by atoms with van der Waals surface area (Å²) in [7, 11) is 1.28. The highest BCUT2D eigenvalue weighted by atomic mass is 32.2. The zero-order chi connectivity index (χ0) is 20.6. The van der Waals surface area contributed by atoms with Crippen LogP contribution < -0.4 is 10.5 Å². The second-order valence-corrected chi connectivity index (χ2v) is 7.94. The largest absolute Gasteiger partial charge is 0.469 e. The van der Waals surface area contributed by atoms with Crippen molar-refractivity contribution in [1.82, 2.24) is 9.97 Å². The fourth-order valence-corrected chi connectivity index (χ4v) is 4.30. The molecule has 0 bridgehead atoms. The Kier molecular flexibility index (Phi) is 7.46. The van der Waals surface area contributed by atoms with Gasteiger partial charge in [0.05, 0.1) is 25.0 Å². The number of esters is 1. The first-order valence-corrected chi connectivity index (χ1v) is 10.7. The number of amides is 1. The van der Waals surface area contributed by atoms with E-state index in [9.17, 15) is 14.4 Å². The Bertz CT molecular complexity index is 894. The van der Waals surface area contributed by atoms with E-state index in [2.05, 4.69) is 14.7 Å². The van der Waals surface area contributed by atoms with Gasteiger partial charge in [0, 0.05) is 17.8 Å². The minimum atomic E-state index is -0.470. The maximum absolute atomic E-state index is 13.1. The average molecular weight is 416 g/mol. The Hall–Kier alpha value is -2.61. The quantitative estimate of drug-likeness (QED) is 0.425. The van der Waals surface area contributed by atoms with Crippen LogP contribution in [0.25, 0.3) is 0 Å². The predicted octanol–water partition coefficient (Wildman–Crippen LogP) is 2.94. The van der Waals surface area contributed by atoms with Crippen LogP contribution in [0, 0.1) is 0 Å². The van der Waals surface area contributed by atoms with Gasteiger partial charge in [0.15, 0.2) is 5.16 Å². The molecule has 1 saturated carbocycles. The van der Waals surface area contributed by atoms with Crippen LogP contribution in [0.1, 0.15) is 37.8 Å². The summed E-state index contributed by atoms with van der Waals surface area (Å²) in [5, 5.41) is 0.321. The van der Waals surface area contributed by atoms with Gasteiger partial charge in [0.25, 0.3) is 5.56 Å².